The van der Waals surface area contributed by atoms with E-state index in [9.17, 15) is 4.79 Å². The summed E-state index contributed by atoms with van der Waals surface area (Å²) in [5.41, 5.74) is 4.03. The first-order valence-electron chi connectivity index (χ1n) is 11.0. The first-order chi connectivity index (χ1) is 16.1. The van der Waals surface area contributed by atoms with Crippen molar-refractivity contribution in [3.8, 4) is 0 Å². The third-order valence-corrected chi connectivity index (χ3v) is 7.19. The van der Waals surface area contributed by atoms with E-state index >= 15 is 0 Å². The van der Waals surface area contributed by atoms with Gasteiger partial charge in [-0.3, -0.25) is 4.79 Å². The van der Waals surface area contributed by atoms with Gasteiger partial charge in [0.05, 0.1) is 21.0 Å². The van der Waals surface area contributed by atoms with Gasteiger partial charge in [0.25, 0.3) is 5.22 Å². The van der Waals surface area contributed by atoms with Gasteiger partial charge in [0.1, 0.15) is 0 Å². The highest BCUT2D eigenvalue weighted by Crippen LogP contribution is 2.25. The van der Waals surface area contributed by atoms with Crippen molar-refractivity contribution in [1.29, 1.82) is 0 Å². The summed E-state index contributed by atoms with van der Waals surface area (Å²) in [5, 5.41) is 12.6. The number of nitrogens with one attached hydrogen (secondary N) is 1. The topological polar surface area (TPSA) is 84.2 Å². The van der Waals surface area contributed by atoms with Crippen LogP contribution in [0.2, 0.25) is 0 Å². The van der Waals surface area contributed by atoms with Crippen LogP contribution in [0.3, 0.4) is 0 Å². The molecule has 9 heteroatoms. The zero-order valence-electron chi connectivity index (χ0n) is 19.0. The molecule has 0 spiro atoms. The Morgan fingerprint density at radius 3 is 2.70 bits per heavy atom. The summed E-state index contributed by atoms with van der Waals surface area (Å²) < 4.78 is 6.88. The van der Waals surface area contributed by atoms with Crippen LogP contribution in [-0.2, 0) is 17.6 Å². The van der Waals surface area contributed by atoms with Crippen LogP contribution in [0, 0.1) is 6.92 Å². The van der Waals surface area contributed by atoms with Crippen LogP contribution in [0.15, 0.2) is 52.1 Å². The molecule has 172 valence electrons. The van der Waals surface area contributed by atoms with Gasteiger partial charge in [-0.15, -0.1) is 21.5 Å². The molecule has 4 rings (SSSR count). The summed E-state index contributed by atoms with van der Waals surface area (Å²) in [5.74, 6) is 0.657. The summed E-state index contributed by atoms with van der Waals surface area (Å²) in [6.07, 6.45) is 1.37. The summed E-state index contributed by atoms with van der Waals surface area (Å²) >= 11 is 2.92. The number of thioether (sulfide) groups is 1. The summed E-state index contributed by atoms with van der Waals surface area (Å²) in [6.45, 7) is 8.17. The molecule has 2 aromatic heterocycles. The second-order valence-electron chi connectivity index (χ2n) is 7.55. The fraction of sp³-hybridized carbons (Fsp3) is 0.333. The van der Waals surface area contributed by atoms with Crippen molar-refractivity contribution in [3.63, 3.8) is 0 Å². The molecular weight excluding hydrogens is 454 g/mol. The molecule has 7 nitrogen and oxygen atoms in total. The third kappa shape index (κ3) is 5.91. The number of para-hydroxylation sites is 1. The van der Waals surface area contributed by atoms with E-state index in [4.69, 9.17) is 4.42 Å². The molecule has 0 unspecified atom stereocenters. The van der Waals surface area contributed by atoms with Gasteiger partial charge in [-0.2, -0.15) is 0 Å². The Morgan fingerprint density at radius 2 is 1.94 bits per heavy atom. The quantitative estimate of drug-likeness (QED) is 0.306. The Kier molecular flexibility index (Phi) is 7.61. The van der Waals surface area contributed by atoms with Crippen LogP contribution < -0.4 is 10.2 Å². The van der Waals surface area contributed by atoms with Gasteiger partial charge in [0.15, 0.2) is 0 Å². The average Bonchev–Trinajstić information content (AvgIpc) is 3.45. The predicted octanol–water partition coefficient (Wildman–Crippen LogP) is 5.35. The Labute approximate surface area is 201 Å². The number of anilines is 2. The molecule has 1 amide bonds. The van der Waals surface area contributed by atoms with E-state index < -0.39 is 0 Å². The van der Waals surface area contributed by atoms with Crippen LogP contribution in [0.25, 0.3) is 10.2 Å². The maximum Gasteiger partial charge on any atom is 0.277 e. The van der Waals surface area contributed by atoms with Crippen LogP contribution in [0.5, 0.6) is 0 Å². The molecule has 2 aromatic carbocycles. The standard InChI is InChI=1S/C24H27N5O2S2/c1-4-29(5-2)17-10-11-18(16(3)14-17)25-21(30)15-32-24-28-27-22(31-24)12-13-23-26-19-8-6-7-9-20(19)33-23/h6-11,14H,4-5,12-13,15H2,1-3H3,(H,25,30). The Balaban J connectivity index is 1.27. The van der Waals surface area contributed by atoms with Gasteiger partial charge in [-0.1, -0.05) is 23.9 Å². The molecule has 0 radical (unpaired) electrons. The number of fused-ring (bicyclic) bond motifs is 1. The summed E-state index contributed by atoms with van der Waals surface area (Å²) in [7, 11) is 0. The monoisotopic (exact) mass is 481 g/mol. The maximum absolute atomic E-state index is 12.4. The number of aryl methyl sites for hydroxylation is 3. The molecule has 1 N–H and O–H groups in total. The predicted molar refractivity (Wildman–Crippen MR) is 135 cm³/mol. The Bertz CT molecular complexity index is 1200. The number of aromatic nitrogens is 3. The first kappa shape index (κ1) is 23.3. The van der Waals surface area contributed by atoms with Crippen molar-refractivity contribution in [2.45, 2.75) is 38.8 Å². The fourth-order valence-corrected chi connectivity index (χ4v) is 5.07. The second kappa shape index (κ2) is 10.8. The molecule has 0 aliphatic heterocycles. The first-order valence-corrected chi connectivity index (χ1v) is 12.8. The molecule has 0 saturated heterocycles. The SMILES string of the molecule is CCN(CC)c1ccc(NC(=O)CSc2nnc(CCc3nc4ccccc4s3)o2)c(C)c1. The van der Waals surface area contributed by atoms with Crippen molar-refractivity contribution >= 4 is 50.6 Å². The molecule has 0 aliphatic carbocycles. The molecule has 2 heterocycles. The minimum atomic E-state index is -0.104. The van der Waals surface area contributed by atoms with E-state index in [0.717, 1.165) is 47.0 Å². The molecular formula is C24H27N5O2S2. The van der Waals surface area contributed by atoms with E-state index in [0.29, 0.717) is 17.5 Å². The number of nitrogens with zero attached hydrogens (tertiary/aromatic N) is 4. The number of rotatable bonds is 10. The zero-order valence-corrected chi connectivity index (χ0v) is 20.6. The van der Waals surface area contributed by atoms with Crippen molar-refractivity contribution in [2.24, 2.45) is 0 Å². The summed E-state index contributed by atoms with van der Waals surface area (Å²) in [6, 6.07) is 14.2. The lowest BCUT2D eigenvalue weighted by molar-refractivity contribution is -0.113. The minimum Gasteiger partial charge on any atom is -0.416 e. The number of thiazole rings is 1. The van der Waals surface area contributed by atoms with Gasteiger partial charge in [-0.25, -0.2) is 4.98 Å². The highest BCUT2D eigenvalue weighted by atomic mass is 32.2. The largest absolute Gasteiger partial charge is 0.416 e. The fourth-order valence-electron chi connectivity index (χ4n) is 3.53. The van der Waals surface area contributed by atoms with Crippen LogP contribution >= 0.6 is 23.1 Å². The van der Waals surface area contributed by atoms with Gasteiger partial charge in [0.2, 0.25) is 11.8 Å². The van der Waals surface area contributed by atoms with Gasteiger partial charge >= 0.3 is 0 Å². The maximum atomic E-state index is 12.4. The van der Waals surface area contributed by atoms with Crippen LogP contribution in [-0.4, -0.2) is 39.9 Å². The van der Waals surface area contributed by atoms with E-state index in [1.165, 1.54) is 16.5 Å². The molecule has 0 aliphatic rings. The smallest absolute Gasteiger partial charge is 0.277 e. The lowest BCUT2D eigenvalue weighted by Gasteiger charge is -2.22. The average molecular weight is 482 g/mol. The molecule has 0 bridgehead atoms. The Hall–Kier alpha value is -2.91. The number of carbonyl (C=O) groups is 1. The number of carbonyl (C=O) groups excluding carboxylic acids is 1. The highest BCUT2D eigenvalue weighted by molar-refractivity contribution is 7.99. The number of benzene rings is 2. The lowest BCUT2D eigenvalue weighted by Crippen LogP contribution is -2.22. The van der Waals surface area contributed by atoms with Gasteiger partial charge < -0.3 is 14.6 Å². The zero-order chi connectivity index (χ0) is 23.2. The normalized spacial score (nSPS) is 11.1. The van der Waals surface area contributed by atoms with Crippen molar-refractivity contribution in [3.05, 3.63) is 58.9 Å². The number of hydrogen-bond donors (Lipinski definition) is 1. The second-order valence-corrected chi connectivity index (χ2v) is 9.59. The van der Waals surface area contributed by atoms with E-state index in [1.807, 2.05) is 37.3 Å². The van der Waals surface area contributed by atoms with Gasteiger partial charge in [-0.05, 0) is 56.7 Å². The van der Waals surface area contributed by atoms with Crippen molar-refractivity contribution in [1.82, 2.24) is 15.2 Å². The van der Waals surface area contributed by atoms with Crippen molar-refractivity contribution < 1.29 is 9.21 Å². The molecule has 33 heavy (non-hydrogen) atoms. The van der Waals surface area contributed by atoms with E-state index in [2.05, 4.69) is 51.4 Å². The van der Waals surface area contributed by atoms with Crippen molar-refractivity contribution in [2.75, 3.05) is 29.1 Å². The molecule has 4 aromatic rings. The minimum absolute atomic E-state index is 0.104. The van der Waals surface area contributed by atoms with Crippen LogP contribution in [0.4, 0.5) is 11.4 Å². The number of hydrogen-bond acceptors (Lipinski definition) is 8. The third-order valence-electron chi connectivity index (χ3n) is 5.28. The summed E-state index contributed by atoms with van der Waals surface area (Å²) in [4.78, 5) is 19.3. The van der Waals surface area contributed by atoms with Gasteiger partial charge in [0, 0.05) is 37.3 Å². The highest BCUT2D eigenvalue weighted by Gasteiger charge is 2.13. The molecule has 0 saturated carbocycles. The van der Waals surface area contributed by atoms with Crippen LogP contribution in [0.1, 0.15) is 30.3 Å². The Morgan fingerprint density at radius 1 is 1.12 bits per heavy atom. The lowest BCUT2D eigenvalue weighted by atomic mass is 10.1. The van der Waals surface area contributed by atoms with E-state index in [1.54, 1.807) is 11.3 Å². The molecule has 0 fully saturated rings. The molecule has 0 atom stereocenters. The van der Waals surface area contributed by atoms with E-state index in [-0.39, 0.29) is 11.7 Å². The number of amides is 1.